The zero-order valence-electron chi connectivity index (χ0n) is 11.3. The van der Waals surface area contributed by atoms with E-state index in [2.05, 4.69) is 12.1 Å². The predicted octanol–water partition coefficient (Wildman–Crippen LogP) is 2.29. The Hall–Kier alpha value is -1.59. The van der Waals surface area contributed by atoms with Crippen LogP contribution in [-0.4, -0.2) is 48.2 Å². The molecule has 0 aromatic heterocycles. The van der Waals surface area contributed by atoms with E-state index in [0.29, 0.717) is 39.1 Å². The van der Waals surface area contributed by atoms with Crippen LogP contribution in [0.4, 0.5) is 4.79 Å². The monoisotopic (exact) mass is 277 g/mol. The van der Waals surface area contributed by atoms with E-state index in [9.17, 15) is 4.79 Å². The molecule has 0 atom stereocenters. The van der Waals surface area contributed by atoms with Gasteiger partial charge in [-0.05, 0) is 5.56 Å². The van der Waals surface area contributed by atoms with Gasteiger partial charge in [-0.15, -0.1) is 0 Å². The molecule has 2 fully saturated rings. The van der Waals surface area contributed by atoms with Crippen LogP contribution in [-0.2, 0) is 9.47 Å². The fraction of sp³-hybridized carbons (Fsp3) is 0.533. The standard InChI is InChI=1S/C15H19NO4/c17-14(18)16-8-6-15(7-9-16)19-10-13(11-20-15)12-4-2-1-3-5-12/h1-5,13H,6-11H2,(H,17,18). The SMILES string of the molecule is O=C(O)N1CCC2(CC1)OCC(c1ccccc1)CO2. The molecule has 108 valence electrons. The van der Waals surface area contributed by atoms with Gasteiger partial charge in [-0.25, -0.2) is 4.79 Å². The van der Waals surface area contributed by atoms with Crippen LogP contribution in [0.15, 0.2) is 30.3 Å². The third kappa shape index (κ3) is 2.64. The van der Waals surface area contributed by atoms with Crippen molar-refractivity contribution in [2.24, 2.45) is 0 Å². The molecule has 1 amide bonds. The lowest BCUT2D eigenvalue weighted by Crippen LogP contribution is -2.52. The summed E-state index contributed by atoms with van der Waals surface area (Å²) in [6.45, 7) is 2.23. The van der Waals surface area contributed by atoms with E-state index in [4.69, 9.17) is 14.6 Å². The van der Waals surface area contributed by atoms with Crippen LogP contribution >= 0.6 is 0 Å². The molecule has 0 aliphatic carbocycles. The Morgan fingerprint density at radius 2 is 1.75 bits per heavy atom. The van der Waals surface area contributed by atoms with Crippen molar-refractivity contribution in [3.63, 3.8) is 0 Å². The highest BCUT2D eigenvalue weighted by Gasteiger charge is 2.41. The molecule has 1 spiro atoms. The van der Waals surface area contributed by atoms with E-state index < -0.39 is 11.9 Å². The fourth-order valence-electron chi connectivity index (χ4n) is 2.84. The van der Waals surface area contributed by atoms with Crippen LogP contribution < -0.4 is 0 Å². The Bertz CT molecular complexity index is 458. The molecule has 2 heterocycles. The third-order valence-electron chi connectivity index (χ3n) is 4.16. The van der Waals surface area contributed by atoms with Gasteiger partial charge in [0.25, 0.3) is 0 Å². The molecule has 2 aliphatic heterocycles. The molecule has 0 saturated carbocycles. The number of nitrogens with zero attached hydrogens (tertiary/aromatic N) is 1. The van der Waals surface area contributed by atoms with Gasteiger partial charge in [0.15, 0.2) is 5.79 Å². The highest BCUT2D eigenvalue weighted by Crippen LogP contribution is 2.35. The van der Waals surface area contributed by atoms with Crippen molar-refractivity contribution in [1.82, 2.24) is 4.90 Å². The minimum atomic E-state index is -0.863. The van der Waals surface area contributed by atoms with Crippen LogP contribution in [0.2, 0.25) is 0 Å². The molecule has 2 saturated heterocycles. The van der Waals surface area contributed by atoms with Gasteiger partial charge in [0.05, 0.1) is 13.2 Å². The Morgan fingerprint density at radius 3 is 2.30 bits per heavy atom. The number of amides is 1. The van der Waals surface area contributed by atoms with Crippen LogP contribution in [0.5, 0.6) is 0 Å². The van der Waals surface area contributed by atoms with Crippen molar-refractivity contribution in [2.45, 2.75) is 24.5 Å². The Balaban J connectivity index is 1.58. The minimum absolute atomic E-state index is 0.263. The molecule has 1 aromatic rings. The zero-order valence-corrected chi connectivity index (χ0v) is 11.3. The average Bonchev–Trinajstić information content (AvgIpc) is 2.49. The van der Waals surface area contributed by atoms with Crippen LogP contribution in [0.3, 0.4) is 0 Å². The van der Waals surface area contributed by atoms with Crippen molar-refractivity contribution < 1.29 is 19.4 Å². The Kier molecular flexibility index (Phi) is 3.63. The number of piperidine rings is 1. The lowest BCUT2D eigenvalue weighted by Gasteiger charge is -2.44. The number of ether oxygens (including phenoxy) is 2. The molecule has 3 rings (SSSR count). The molecule has 5 nitrogen and oxygen atoms in total. The average molecular weight is 277 g/mol. The highest BCUT2D eigenvalue weighted by atomic mass is 16.7. The van der Waals surface area contributed by atoms with E-state index in [0.717, 1.165) is 0 Å². The summed E-state index contributed by atoms with van der Waals surface area (Å²) in [5.41, 5.74) is 1.23. The van der Waals surface area contributed by atoms with Gasteiger partial charge < -0.3 is 19.5 Å². The topological polar surface area (TPSA) is 59.0 Å². The summed E-state index contributed by atoms with van der Waals surface area (Å²) in [6.07, 6.45) is 0.361. The fourth-order valence-corrected chi connectivity index (χ4v) is 2.84. The maximum absolute atomic E-state index is 10.9. The number of benzene rings is 1. The molecule has 0 unspecified atom stereocenters. The first-order valence-corrected chi connectivity index (χ1v) is 6.99. The Morgan fingerprint density at radius 1 is 1.15 bits per heavy atom. The molecule has 0 bridgehead atoms. The normalized spacial score (nSPS) is 22.9. The second kappa shape index (κ2) is 5.42. The minimum Gasteiger partial charge on any atom is -0.465 e. The van der Waals surface area contributed by atoms with E-state index in [1.807, 2.05) is 18.2 Å². The smallest absolute Gasteiger partial charge is 0.407 e. The molecule has 20 heavy (non-hydrogen) atoms. The molecule has 2 aliphatic rings. The summed E-state index contributed by atoms with van der Waals surface area (Å²) in [7, 11) is 0. The van der Waals surface area contributed by atoms with Gasteiger partial charge in [-0.3, -0.25) is 0 Å². The molecule has 1 N–H and O–H groups in total. The molecule has 5 heteroatoms. The summed E-state index contributed by atoms with van der Waals surface area (Å²) < 4.78 is 11.9. The third-order valence-corrected chi connectivity index (χ3v) is 4.16. The second-order valence-electron chi connectivity index (χ2n) is 5.41. The van der Waals surface area contributed by atoms with Gasteiger partial charge in [0.2, 0.25) is 0 Å². The van der Waals surface area contributed by atoms with Crippen molar-refractivity contribution in [3.05, 3.63) is 35.9 Å². The first-order chi connectivity index (χ1) is 9.69. The Labute approximate surface area is 118 Å². The summed E-state index contributed by atoms with van der Waals surface area (Å²) >= 11 is 0. The lowest BCUT2D eigenvalue weighted by atomic mass is 9.97. The van der Waals surface area contributed by atoms with E-state index in [-0.39, 0.29) is 5.92 Å². The first kappa shape index (κ1) is 13.4. The van der Waals surface area contributed by atoms with Gasteiger partial charge in [0.1, 0.15) is 0 Å². The number of likely N-dealkylation sites (tertiary alicyclic amines) is 1. The number of rotatable bonds is 1. The van der Waals surface area contributed by atoms with E-state index in [1.54, 1.807) is 0 Å². The molecular weight excluding hydrogens is 258 g/mol. The molecule has 0 radical (unpaired) electrons. The predicted molar refractivity (Wildman–Crippen MR) is 72.6 cm³/mol. The summed E-state index contributed by atoms with van der Waals surface area (Å²) in [4.78, 5) is 12.3. The lowest BCUT2D eigenvalue weighted by molar-refractivity contribution is -0.288. The number of hydrogen-bond acceptors (Lipinski definition) is 3. The van der Waals surface area contributed by atoms with Crippen LogP contribution in [0.1, 0.15) is 24.3 Å². The number of hydrogen-bond donors (Lipinski definition) is 1. The summed E-state index contributed by atoms with van der Waals surface area (Å²) in [5.74, 6) is -0.309. The van der Waals surface area contributed by atoms with Gasteiger partial charge in [0, 0.05) is 31.8 Å². The first-order valence-electron chi connectivity index (χ1n) is 6.99. The number of carboxylic acid groups (broad SMARTS) is 1. The van der Waals surface area contributed by atoms with E-state index in [1.165, 1.54) is 10.5 Å². The van der Waals surface area contributed by atoms with Gasteiger partial charge in [-0.2, -0.15) is 0 Å². The highest BCUT2D eigenvalue weighted by molar-refractivity contribution is 5.65. The van der Waals surface area contributed by atoms with Crippen molar-refractivity contribution in [2.75, 3.05) is 26.3 Å². The maximum Gasteiger partial charge on any atom is 0.407 e. The number of carbonyl (C=O) groups is 1. The summed E-state index contributed by atoms with van der Waals surface area (Å²) in [6, 6.07) is 10.2. The quantitative estimate of drug-likeness (QED) is 0.855. The van der Waals surface area contributed by atoms with Crippen molar-refractivity contribution in [1.29, 1.82) is 0 Å². The van der Waals surface area contributed by atoms with Gasteiger partial charge in [-0.1, -0.05) is 30.3 Å². The van der Waals surface area contributed by atoms with Crippen LogP contribution in [0, 0.1) is 0 Å². The zero-order chi connectivity index (χ0) is 14.0. The molecular formula is C15H19NO4. The summed E-state index contributed by atoms with van der Waals surface area (Å²) in [5, 5.41) is 8.96. The van der Waals surface area contributed by atoms with Crippen LogP contribution in [0.25, 0.3) is 0 Å². The second-order valence-corrected chi connectivity index (χ2v) is 5.41. The van der Waals surface area contributed by atoms with Crippen molar-refractivity contribution >= 4 is 6.09 Å². The van der Waals surface area contributed by atoms with Crippen molar-refractivity contribution in [3.8, 4) is 0 Å². The van der Waals surface area contributed by atoms with Gasteiger partial charge >= 0.3 is 6.09 Å². The largest absolute Gasteiger partial charge is 0.465 e. The maximum atomic E-state index is 10.9. The molecule has 1 aromatic carbocycles. The van der Waals surface area contributed by atoms with E-state index >= 15 is 0 Å².